The molecule has 4 rings (SSSR count). The molecule has 1 aliphatic rings. The molecule has 0 aliphatic carbocycles. The lowest BCUT2D eigenvalue weighted by molar-refractivity contribution is -0.143. The first kappa shape index (κ1) is 26.6. The van der Waals surface area contributed by atoms with Gasteiger partial charge in [-0.05, 0) is 37.1 Å². The molecule has 1 aromatic carbocycles. The fourth-order valence-corrected chi connectivity index (χ4v) is 5.01. The van der Waals surface area contributed by atoms with Crippen LogP contribution in [0.5, 0.6) is 0 Å². The van der Waals surface area contributed by atoms with Gasteiger partial charge in [0.15, 0.2) is 0 Å². The van der Waals surface area contributed by atoms with Crippen LogP contribution in [-0.2, 0) is 23.7 Å². The molecule has 37 heavy (non-hydrogen) atoms. The highest BCUT2D eigenvalue weighted by Gasteiger charge is 2.37. The van der Waals surface area contributed by atoms with Crippen LogP contribution in [0.25, 0.3) is 10.2 Å². The maximum absolute atomic E-state index is 13.5. The largest absolute Gasteiger partial charge is 0.416 e. The number of aromatic nitrogens is 2. The molecule has 0 saturated carbocycles. The smallest absolute Gasteiger partial charge is 0.335 e. The van der Waals surface area contributed by atoms with Gasteiger partial charge in [-0.1, -0.05) is 0 Å². The van der Waals surface area contributed by atoms with Gasteiger partial charge in [0.1, 0.15) is 17.5 Å². The summed E-state index contributed by atoms with van der Waals surface area (Å²) in [5.41, 5.74) is -4.45. The first-order valence-electron chi connectivity index (χ1n) is 10.7. The Morgan fingerprint density at radius 1 is 1.11 bits per heavy atom. The first-order chi connectivity index (χ1) is 17.1. The summed E-state index contributed by atoms with van der Waals surface area (Å²) < 4.78 is 92.7. The van der Waals surface area contributed by atoms with Crippen molar-refractivity contribution in [1.82, 2.24) is 14.5 Å². The van der Waals surface area contributed by atoms with Crippen molar-refractivity contribution in [2.24, 2.45) is 0 Å². The molecule has 1 fully saturated rings. The number of amides is 2. The molecule has 1 saturated heterocycles. The molecule has 2 amide bonds. The first-order valence-corrected chi connectivity index (χ1v) is 11.5. The lowest BCUT2D eigenvalue weighted by Crippen LogP contribution is -2.29. The summed E-state index contributed by atoms with van der Waals surface area (Å²) >= 11 is 0.920. The average Bonchev–Trinajstić information content (AvgIpc) is 3.37. The fraction of sp³-hybridized carbons (Fsp3) is 0.364. The van der Waals surface area contributed by atoms with Gasteiger partial charge in [-0.15, -0.1) is 11.3 Å². The summed E-state index contributed by atoms with van der Waals surface area (Å²) in [6.07, 6.45) is -10.2. The van der Waals surface area contributed by atoms with Crippen LogP contribution in [0, 0.1) is 6.92 Å². The standard InChI is InChI=1S/C22H17F7N4O3S/c1-10-16-18(37-17(10)20(36)32-3-2-13(23)7-32)30-9-33(19(16)35)8-15(34)31-14-5-11(21(24,25)26)4-12(6-14)22(27,28)29/h4-6,9,13H,2-3,7-8H2,1H3,(H,31,34). The van der Waals surface area contributed by atoms with Gasteiger partial charge in [0.25, 0.3) is 11.5 Å². The Morgan fingerprint density at radius 3 is 2.27 bits per heavy atom. The van der Waals surface area contributed by atoms with Gasteiger partial charge in [-0.3, -0.25) is 19.0 Å². The van der Waals surface area contributed by atoms with Crippen LogP contribution in [-0.4, -0.2) is 45.5 Å². The number of likely N-dealkylation sites (tertiary alicyclic amines) is 1. The quantitative estimate of drug-likeness (QED) is 0.481. The van der Waals surface area contributed by atoms with Crippen LogP contribution in [0.15, 0.2) is 29.3 Å². The van der Waals surface area contributed by atoms with E-state index in [0.29, 0.717) is 12.1 Å². The predicted molar refractivity (Wildman–Crippen MR) is 119 cm³/mol. The fourth-order valence-electron chi connectivity index (χ4n) is 3.90. The zero-order chi connectivity index (χ0) is 27.3. The highest BCUT2D eigenvalue weighted by Crippen LogP contribution is 2.37. The number of halogens is 7. The Hall–Kier alpha value is -3.49. The van der Waals surface area contributed by atoms with Crippen LogP contribution in [0.1, 0.15) is 32.8 Å². The maximum atomic E-state index is 13.5. The summed E-state index contributed by atoms with van der Waals surface area (Å²) in [7, 11) is 0. The van der Waals surface area contributed by atoms with Crippen LogP contribution in [0.3, 0.4) is 0 Å². The number of benzene rings is 1. The lowest BCUT2D eigenvalue weighted by Gasteiger charge is -2.15. The summed E-state index contributed by atoms with van der Waals surface area (Å²) in [6, 6.07) is 0.614. The Morgan fingerprint density at radius 2 is 1.73 bits per heavy atom. The number of nitrogens with one attached hydrogen (secondary N) is 1. The van der Waals surface area contributed by atoms with Crippen molar-refractivity contribution in [2.75, 3.05) is 18.4 Å². The molecule has 0 spiro atoms. The van der Waals surface area contributed by atoms with Crippen LogP contribution in [0.2, 0.25) is 0 Å². The minimum absolute atomic E-state index is 0.0260. The van der Waals surface area contributed by atoms with E-state index in [1.165, 1.54) is 11.8 Å². The SMILES string of the molecule is Cc1c(C(=O)N2CCC(F)C2)sc2ncn(CC(=O)Nc3cc(C(F)(F)F)cc(C(F)(F)F)c3)c(=O)c12. The van der Waals surface area contributed by atoms with Crippen molar-refractivity contribution in [3.63, 3.8) is 0 Å². The van der Waals surface area contributed by atoms with E-state index in [-0.39, 0.29) is 46.2 Å². The molecule has 2 aromatic heterocycles. The van der Waals surface area contributed by atoms with Gasteiger partial charge in [0.2, 0.25) is 5.91 Å². The molecule has 198 valence electrons. The molecule has 1 N–H and O–H groups in total. The topological polar surface area (TPSA) is 84.3 Å². The molecular weight excluding hydrogens is 533 g/mol. The molecule has 0 bridgehead atoms. The van der Waals surface area contributed by atoms with E-state index in [2.05, 4.69) is 4.98 Å². The molecule has 3 aromatic rings. The summed E-state index contributed by atoms with van der Waals surface area (Å²) in [4.78, 5) is 43.9. The maximum Gasteiger partial charge on any atom is 0.416 e. The second kappa shape index (κ2) is 9.43. The van der Waals surface area contributed by atoms with Crippen LogP contribution < -0.4 is 10.9 Å². The molecule has 7 nitrogen and oxygen atoms in total. The average molecular weight is 550 g/mol. The number of anilines is 1. The molecule has 0 radical (unpaired) electrons. The van der Waals surface area contributed by atoms with E-state index in [1.807, 2.05) is 5.32 Å². The number of nitrogens with zero attached hydrogens (tertiary/aromatic N) is 3. The zero-order valence-corrected chi connectivity index (χ0v) is 19.7. The highest BCUT2D eigenvalue weighted by molar-refractivity contribution is 7.20. The van der Waals surface area contributed by atoms with Crippen molar-refractivity contribution in [1.29, 1.82) is 0 Å². The van der Waals surface area contributed by atoms with Crippen molar-refractivity contribution >= 4 is 39.1 Å². The number of hydrogen-bond donors (Lipinski definition) is 1. The molecule has 15 heteroatoms. The van der Waals surface area contributed by atoms with Gasteiger partial charge < -0.3 is 10.2 Å². The Kier molecular flexibility index (Phi) is 6.77. The number of thiophene rings is 1. The second-order valence-corrected chi connectivity index (χ2v) is 9.39. The van der Waals surface area contributed by atoms with Gasteiger partial charge in [-0.25, -0.2) is 9.37 Å². The van der Waals surface area contributed by atoms with Gasteiger partial charge in [0, 0.05) is 12.2 Å². The van der Waals surface area contributed by atoms with Gasteiger partial charge in [0.05, 0.1) is 34.3 Å². The Balaban J connectivity index is 1.60. The number of alkyl halides is 7. The van der Waals surface area contributed by atoms with Crippen molar-refractivity contribution in [3.05, 3.63) is 56.4 Å². The lowest BCUT2D eigenvalue weighted by atomic mass is 10.1. The number of aryl methyl sites for hydroxylation is 1. The number of fused-ring (bicyclic) bond motifs is 1. The predicted octanol–water partition coefficient (Wildman–Crippen LogP) is 4.63. The Bertz CT molecular complexity index is 1410. The van der Waals surface area contributed by atoms with Crippen LogP contribution in [0.4, 0.5) is 36.4 Å². The third kappa shape index (κ3) is 5.45. The second-order valence-electron chi connectivity index (χ2n) is 8.39. The van der Waals surface area contributed by atoms with Gasteiger partial charge >= 0.3 is 12.4 Å². The monoisotopic (exact) mass is 550 g/mol. The zero-order valence-electron chi connectivity index (χ0n) is 18.8. The van der Waals surface area contributed by atoms with Crippen LogP contribution >= 0.6 is 11.3 Å². The summed E-state index contributed by atoms with van der Waals surface area (Å²) in [5.74, 6) is -1.54. The van der Waals surface area contributed by atoms with E-state index in [4.69, 9.17) is 0 Å². The number of carbonyl (C=O) groups excluding carboxylic acids is 2. The normalized spacial score (nSPS) is 16.4. The molecular formula is C22H17F7N4O3S. The number of carbonyl (C=O) groups is 2. The van der Waals surface area contributed by atoms with E-state index in [0.717, 1.165) is 22.2 Å². The summed E-state index contributed by atoms with van der Waals surface area (Å²) in [6.45, 7) is 0.866. The van der Waals surface area contributed by atoms with E-state index >= 15 is 0 Å². The minimum atomic E-state index is -5.10. The molecule has 1 atom stereocenters. The molecule has 1 unspecified atom stereocenters. The third-order valence-electron chi connectivity index (χ3n) is 5.71. The molecule has 1 aliphatic heterocycles. The van der Waals surface area contributed by atoms with Crippen molar-refractivity contribution in [2.45, 2.75) is 38.4 Å². The van der Waals surface area contributed by atoms with Crippen molar-refractivity contribution < 1.29 is 40.3 Å². The highest BCUT2D eigenvalue weighted by atomic mass is 32.1. The molecule has 3 heterocycles. The van der Waals surface area contributed by atoms with E-state index in [9.17, 15) is 45.1 Å². The van der Waals surface area contributed by atoms with Gasteiger partial charge in [-0.2, -0.15) is 26.3 Å². The Labute approximate surface area is 207 Å². The number of hydrogen-bond acceptors (Lipinski definition) is 5. The third-order valence-corrected chi connectivity index (χ3v) is 6.90. The summed E-state index contributed by atoms with van der Waals surface area (Å²) in [5, 5.41) is 1.98. The van der Waals surface area contributed by atoms with Crippen molar-refractivity contribution in [3.8, 4) is 0 Å². The minimum Gasteiger partial charge on any atom is -0.335 e. The van der Waals surface area contributed by atoms with E-state index in [1.54, 1.807) is 0 Å². The van der Waals surface area contributed by atoms with E-state index < -0.39 is 59.3 Å². The number of rotatable bonds is 4.